The number of rotatable bonds is 8. The minimum atomic E-state index is -0.341. The fourth-order valence-corrected chi connectivity index (χ4v) is 4.45. The van der Waals surface area contributed by atoms with Crippen LogP contribution >= 0.6 is 23.1 Å². The van der Waals surface area contributed by atoms with Crippen molar-refractivity contribution < 1.29 is 13.9 Å². The lowest BCUT2D eigenvalue weighted by Crippen LogP contribution is -2.25. The fraction of sp³-hybridized carbons (Fsp3) is 0.136. The summed E-state index contributed by atoms with van der Waals surface area (Å²) in [6.45, 7) is 0.131. The average molecular weight is 455 g/mol. The van der Waals surface area contributed by atoms with Crippen LogP contribution in [0.1, 0.15) is 5.56 Å². The number of amides is 1. The van der Waals surface area contributed by atoms with E-state index in [1.165, 1.54) is 17.8 Å². The third-order valence-electron chi connectivity index (χ3n) is 4.47. The Morgan fingerprint density at radius 2 is 1.94 bits per heavy atom. The van der Waals surface area contributed by atoms with Crippen molar-refractivity contribution in [2.45, 2.75) is 11.7 Å². The van der Waals surface area contributed by atoms with Crippen molar-refractivity contribution in [2.75, 3.05) is 12.9 Å². The van der Waals surface area contributed by atoms with Gasteiger partial charge in [-0.15, -0.1) is 21.5 Å². The first-order chi connectivity index (χ1) is 15.2. The standard InChI is InChI=1S/C22H19FN4O2S2/c1-29-18-10-5-4-9-17(18)27-21(19-11-6-12-30-19)25-26-22(27)31-14-20(28)24-13-15-7-2-3-8-16(15)23/h2-12H,13-14H2,1H3,(H,24,28). The van der Waals surface area contributed by atoms with Crippen LogP contribution in [-0.2, 0) is 11.3 Å². The van der Waals surface area contributed by atoms with E-state index in [9.17, 15) is 9.18 Å². The Bertz CT molecular complexity index is 1180. The number of hydrogen-bond acceptors (Lipinski definition) is 6. The fourth-order valence-electron chi connectivity index (χ4n) is 2.98. The Morgan fingerprint density at radius 1 is 1.13 bits per heavy atom. The highest BCUT2D eigenvalue weighted by molar-refractivity contribution is 7.99. The SMILES string of the molecule is COc1ccccc1-n1c(SCC(=O)NCc2ccccc2F)nnc1-c1cccs1. The van der Waals surface area contributed by atoms with E-state index in [2.05, 4.69) is 15.5 Å². The van der Waals surface area contributed by atoms with Crippen LogP contribution in [0.15, 0.2) is 71.2 Å². The topological polar surface area (TPSA) is 69.0 Å². The zero-order valence-electron chi connectivity index (χ0n) is 16.6. The molecule has 2 heterocycles. The molecule has 0 aliphatic carbocycles. The second-order valence-electron chi connectivity index (χ2n) is 6.45. The van der Waals surface area contributed by atoms with Crippen molar-refractivity contribution in [2.24, 2.45) is 0 Å². The normalized spacial score (nSPS) is 10.8. The average Bonchev–Trinajstić information content (AvgIpc) is 3.47. The molecule has 0 fully saturated rings. The second kappa shape index (κ2) is 9.76. The van der Waals surface area contributed by atoms with Crippen LogP contribution in [0.25, 0.3) is 16.4 Å². The lowest BCUT2D eigenvalue weighted by molar-refractivity contribution is -0.118. The molecule has 1 amide bonds. The van der Waals surface area contributed by atoms with E-state index in [1.807, 2.05) is 46.3 Å². The van der Waals surface area contributed by atoms with Gasteiger partial charge in [-0.05, 0) is 29.6 Å². The Morgan fingerprint density at radius 3 is 2.71 bits per heavy atom. The van der Waals surface area contributed by atoms with E-state index in [0.717, 1.165) is 10.6 Å². The minimum absolute atomic E-state index is 0.117. The van der Waals surface area contributed by atoms with Crippen molar-refractivity contribution in [1.29, 1.82) is 0 Å². The van der Waals surface area contributed by atoms with Crippen molar-refractivity contribution >= 4 is 29.0 Å². The number of carbonyl (C=O) groups excluding carboxylic acids is 1. The molecule has 0 saturated heterocycles. The summed E-state index contributed by atoms with van der Waals surface area (Å²) < 4.78 is 21.2. The Hall–Kier alpha value is -3.17. The lowest BCUT2D eigenvalue weighted by Gasteiger charge is -2.13. The van der Waals surface area contributed by atoms with Gasteiger partial charge in [0.25, 0.3) is 0 Å². The first-order valence-electron chi connectivity index (χ1n) is 9.43. The largest absolute Gasteiger partial charge is 0.495 e. The molecule has 2 aromatic heterocycles. The van der Waals surface area contributed by atoms with Gasteiger partial charge in [-0.3, -0.25) is 9.36 Å². The van der Waals surface area contributed by atoms with Crippen LogP contribution in [-0.4, -0.2) is 33.5 Å². The van der Waals surface area contributed by atoms with Gasteiger partial charge in [0, 0.05) is 12.1 Å². The van der Waals surface area contributed by atoms with Gasteiger partial charge in [0.05, 0.1) is 23.4 Å². The molecule has 0 saturated carbocycles. The summed E-state index contributed by atoms with van der Waals surface area (Å²) in [6.07, 6.45) is 0. The number of thioether (sulfide) groups is 1. The number of thiophene rings is 1. The molecule has 0 unspecified atom stereocenters. The van der Waals surface area contributed by atoms with Crippen LogP contribution in [0, 0.1) is 5.82 Å². The summed E-state index contributed by atoms with van der Waals surface area (Å²) >= 11 is 2.81. The molecular weight excluding hydrogens is 435 g/mol. The van der Waals surface area contributed by atoms with Crippen LogP contribution in [0.5, 0.6) is 5.75 Å². The van der Waals surface area contributed by atoms with E-state index in [4.69, 9.17) is 4.74 Å². The number of hydrogen-bond donors (Lipinski definition) is 1. The maximum absolute atomic E-state index is 13.8. The van der Waals surface area contributed by atoms with E-state index in [-0.39, 0.29) is 24.0 Å². The van der Waals surface area contributed by atoms with Crippen LogP contribution in [0.3, 0.4) is 0 Å². The van der Waals surface area contributed by atoms with Gasteiger partial charge < -0.3 is 10.1 Å². The van der Waals surface area contributed by atoms with E-state index >= 15 is 0 Å². The molecule has 0 aliphatic heterocycles. The lowest BCUT2D eigenvalue weighted by atomic mass is 10.2. The third-order valence-corrected chi connectivity index (χ3v) is 6.26. The third kappa shape index (κ3) is 4.78. The zero-order chi connectivity index (χ0) is 21.6. The molecule has 2 aromatic carbocycles. The molecule has 0 radical (unpaired) electrons. The number of nitrogens with one attached hydrogen (secondary N) is 1. The van der Waals surface area contributed by atoms with E-state index in [0.29, 0.717) is 22.3 Å². The Labute approximate surface area is 187 Å². The van der Waals surface area contributed by atoms with Crippen LogP contribution in [0.4, 0.5) is 4.39 Å². The Balaban J connectivity index is 1.54. The number of carbonyl (C=O) groups is 1. The van der Waals surface area contributed by atoms with Gasteiger partial charge in [0.2, 0.25) is 5.91 Å². The van der Waals surface area contributed by atoms with E-state index in [1.54, 1.807) is 36.6 Å². The number of methoxy groups -OCH3 is 1. The quantitative estimate of drug-likeness (QED) is 0.396. The summed E-state index contributed by atoms with van der Waals surface area (Å²) in [5.74, 6) is 0.902. The number of ether oxygens (including phenoxy) is 1. The van der Waals surface area contributed by atoms with Crippen LogP contribution in [0.2, 0.25) is 0 Å². The highest BCUT2D eigenvalue weighted by atomic mass is 32.2. The molecule has 1 N–H and O–H groups in total. The molecule has 0 atom stereocenters. The molecule has 4 rings (SSSR count). The molecule has 31 heavy (non-hydrogen) atoms. The first-order valence-corrected chi connectivity index (χ1v) is 11.3. The smallest absolute Gasteiger partial charge is 0.230 e. The highest BCUT2D eigenvalue weighted by Crippen LogP contribution is 2.33. The summed E-state index contributed by atoms with van der Waals surface area (Å²) in [5.41, 5.74) is 1.23. The van der Waals surface area contributed by atoms with Crippen molar-refractivity contribution in [3.05, 3.63) is 77.4 Å². The van der Waals surface area contributed by atoms with E-state index < -0.39 is 0 Å². The highest BCUT2D eigenvalue weighted by Gasteiger charge is 2.20. The predicted octanol–water partition coefficient (Wildman–Crippen LogP) is 4.55. The zero-order valence-corrected chi connectivity index (χ0v) is 18.3. The van der Waals surface area contributed by atoms with Gasteiger partial charge in [0.15, 0.2) is 11.0 Å². The predicted molar refractivity (Wildman–Crippen MR) is 120 cm³/mol. The van der Waals surface area contributed by atoms with Crippen molar-refractivity contribution in [3.8, 4) is 22.1 Å². The van der Waals surface area contributed by atoms with Gasteiger partial charge in [0.1, 0.15) is 11.6 Å². The maximum atomic E-state index is 13.8. The summed E-state index contributed by atoms with van der Waals surface area (Å²) in [6, 6.07) is 17.9. The molecule has 0 spiro atoms. The summed E-state index contributed by atoms with van der Waals surface area (Å²) in [5, 5.41) is 14.0. The molecule has 9 heteroatoms. The molecule has 6 nitrogen and oxygen atoms in total. The summed E-state index contributed by atoms with van der Waals surface area (Å²) in [7, 11) is 1.61. The molecule has 4 aromatic rings. The number of para-hydroxylation sites is 2. The second-order valence-corrected chi connectivity index (χ2v) is 8.34. The number of aromatic nitrogens is 3. The monoisotopic (exact) mass is 454 g/mol. The number of benzene rings is 2. The minimum Gasteiger partial charge on any atom is -0.495 e. The van der Waals surface area contributed by atoms with Crippen molar-refractivity contribution in [1.82, 2.24) is 20.1 Å². The van der Waals surface area contributed by atoms with Crippen molar-refractivity contribution in [3.63, 3.8) is 0 Å². The van der Waals surface area contributed by atoms with Gasteiger partial charge in [-0.2, -0.15) is 0 Å². The van der Waals surface area contributed by atoms with Crippen LogP contribution < -0.4 is 10.1 Å². The number of halogens is 1. The Kier molecular flexibility index (Phi) is 6.63. The maximum Gasteiger partial charge on any atom is 0.230 e. The van der Waals surface area contributed by atoms with Gasteiger partial charge >= 0.3 is 0 Å². The van der Waals surface area contributed by atoms with Gasteiger partial charge in [-0.1, -0.05) is 48.2 Å². The first kappa shape index (κ1) is 21.1. The molecule has 0 bridgehead atoms. The number of nitrogens with zero attached hydrogens (tertiary/aromatic N) is 3. The molecular formula is C22H19FN4O2S2. The van der Waals surface area contributed by atoms with Gasteiger partial charge in [-0.25, -0.2) is 4.39 Å². The summed E-state index contributed by atoms with van der Waals surface area (Å²) in [4.78, 5) is 13.3. The molecule has 0 aliphatic rings. The molecule has 158 valence electrons.